The van der Waals surface area contributed by atoms with Gasteiger partial charge in [0.2, 0.25) is 0 Å². The molecule has 0 aliphatic heterocycles. The summed E-state index contributed by atoms with van der Waals surface area (Å²) >= 11 is 0. The maximum atomic E-state index is 13.2. The number of amides is 2. The Bertz CT molecular complexity index is 1040. The van der Waals surface area contributed by atoms with Crippen LogP contribution in [-0.2, 0) is 4.79 Å². The van der Waals surface area contributed by atoms with E-state index in [1.807, 2.05) is 0 Å². The van der Waals surface area contributed by atoms with E-state index in [9.17, 15) is 27.9 Å². The maximum absolute atomic E-state index is 13.2. The van der Waals surface area contributed by atoms with Gasteiger partial charge in [-0.1, -0.05) is 25.3 Å². The molecule has 2 amide bonds. The molecule has 1 aromatic carbocycles. The molecule has 2 atom stereocenters. The van der Waals surface area contributed by atoms with Gasteiger partial charge in [-0.3, -0.25) is 4.79 Å². The molecule has 188 valence electrons. The predicted molar refractivity (Wildman–Crippen MR) is 124 cm³/mol. The molecule has 0 spiro atoms. The van der Waals surface area contributed by atoms with Crippen LogP contribution in [0.2, 0.25) is 0 Å². The molecule has 2 aliphatic carbocycles. The van der Waals surface area contributed by atoms with E-state index in [2.05, 4.69) is 20.6 Å². The zero-order chi connectivity index (χ0) is 25.0. The Labute approximate surface area is 200 Å². The number of hydrogen-bond donors (Lipinski definition) is 3. The number of alkyl halides is 3. The van der Waals surface area contributed by atoms with Crippen molar-refractivity contribution in [3.63, 3.8) is 0 Å². The van der Waals surface area contributed by atoms with E-state index in [-0.39, 0.29) is 18.5 Å². The minimum atomic E-state index is -4.31. The van der Waals surface area contributed by atoms with Crippen LogP contribution >= 0.6 is 0 Å². The molecule has 1 heterocycles. The van der Waals surface area contributed by atoms with Gasteiger partial charge in [0, 0.05) is 12.6 Å². The zero-order valence-corrected chi connectivity index (χ0v) is 19.1. The van der Waals surface area contributed by atoms with Gasteiger partial charge in [0.25, 0.3) is 0 Å². The molecule has 35 heavy (non-hydrogen) atoms. The number of carboxylic acid groups (broad SMARTS) is 1. The monoisotopic (exact) mass is 491 g/mol. The number of benzene rings is 1. The number of nitrogens with one attached hydrogen (secondary N) is 2. The number of aliphatic carboxylic acids is 1. The van der Waals surface area contributed by atoms with Crippen LogP contribution < -0.4 is 15.5 Å². The Balaban J connectivity index is 1.64. The Kier molecular flexibility index (Phi) is 7.42. The summed E-state index contributed by atoms with van der Waals surface area (Å²) < 4.78 is 39.5. The zero-order valence-electron chi connectivity index (χ0n) is 19.1. The lowest BCUT2D eigenvalue weighted by Crippen LogP contribution is -2.39. The first-order chi connectivity index (χ1) is 16.7. The number of urea groups is 1. The third kappa shape index (κ3) is 6.61. The normalized spacial score (nSPS) is 20.2. The third-order valence-corrected chi connectivity index (χ3v) is 6.58. The number of carboxylic acids is 1. The molecule has 0 saturated heterocycles. The number of carbonyl (C=O) groups is 2. The molecular weight excluding hydrogens is 463 g/mol. The van der Waals surface area contributed by atoms with Crippen molar-refractivity contribution in [3.8, 4) is 0 Å². The van der Waals surface area contributed by atoms with Crippen molar-refractivity contribution in [2.75, 3.05) is 22.1 Å². The van der Waals surface area contributed by atoms with Crippen LogP contribution in [0.1, 0.15) is 56.4 Å². The quantitative estimate of drug-likeness (QED) is 0.456. The number of carbonyl (C=O) groups excluding carboxylic acids is 1. The van der Waals surface area contributed by atoms with Gasteiger partial charge in [-0.2, -0.15) is 13.2 Å². The van der Waals surface area contributed by atoms with E-state index in [1.54, 1.807) is 23.1 Å². The van der Waals surface area contributed by atoms with Gasteiger partial charge in [0.1, 0.15) is 6.33 Å². The summed E-state index contributed by atoms with van der Waals surface area (Å²) in [7, 11) is 0. The Morgan fingerprint density at radius 2 is 1.80 bits per heavy atom. The van der Waals surface area contributed by atoms with Gasteiger partial charge in [-0.15, -0.1) is 0 Å². The molecule has 0 bridgehead atoms. The van der Waals surface area contributed by atoms with Crippen molar-refractivity contribution < 1.29 is 27.9 Å². The number of aromatic nitrogens is 2. The van der Waals surface area contributed by atoms with Crippen LogP contribution in [0.5, 0.6) is 0 Å². The van der Waals surface area contributed by atoms with E-state index in [4.69, 9.17) is 0 Å². The second-order valence-electron chi connectivity index (χ2n) is 9.12. The maximum Gasteiger partial charge on any atom is 0.390 e. The van der Waals surface area contributed by atoms with Crippen molar-refractivity contribution in [3.05, 3.63) is 42.5 Å². The molecule has 0 radical (unpaired) electrons. The second-order valence-corrected chi connectivity index (χ2v) is 9.12. The highest BCUT2D eigenvalue weighted by Crippen LogP contribution is 2.49. The molecule has 2 aromatic rings. The molecule has 3 N–H and O–H groups in total. The van der Waals surface area contributed by atoms with Crippen molar-refractivity contribution in [1.82, 2.24) is 9.97 Å². The van der Waals surface area contributed by atoms with E-state index in [1.165, 1.54) is 18.7 Å². The Morgan fingerprint density at radius 3 is 2.43 bits per heavy atom. The standard InChI is InChI=1S/C24H28F3N5O3/c25-24(26,27)8-9-32(17-4-2-1-3-5-17)21-7-6-15(18-11-19(18)22(33)34)10-20(21)31-23(35)30-16-12-28-14-29-13-16/h6-7,10,12-14,17-19H,1-5,8-9,11H2,(H,33,34)(H2,30,31,35). The molecular formula is C24H28F3N5O3. The van der Waals surface area contributed by atoms with Crippen LogP contribution in [-0.4, -0.2) is 45.8 Å². The summed E-state index contributed by atoms with van der Waals surface area (Å²) in [6.45, 7) is -0.225. The molecule has 11 heteroatoms. The fourth-order valence-corrected chi connectivity index (χ4v) is 4.76. The topological polar surface area (TPSA) is 107 Å². The lowest BCUT2D eigenvalue weighted by atomic mass is 9.93. The lowest BCUT2D eigenvalue weighted by molar-refractivity contribution is -0.138. The molecule has 1 aromatic heterocycles. The minimum absolute atomic E-state index is 0.0734. The highest BCUT2D eigenvalue weighted by atomic mass is 19.4. The van der Waals surface area contributed by atoms with Crippen LogP contribution in [0.25, 0.3) is 0 Å². The molecule has 8 nitrogen and oxygen atoms in total. The lowest BCUT2D eigenvalue weighted by Gasteiger charge is -2.37. The summed E-state index contributed by atoms with van der Waals surface area (Å²) in [6.07, 6.45) is 3.84. The van der Waals surface area contributed by atoms with Gasteiger partial charge >= 0.3 is 18.2 Å². The predicted octanol–water partition coefficient (Wildman–Crippen LogP) is 5.40. The first-order valence-electron chi connectivity index (χ1n) is 11.7. The Morgan fingerprint density at radius 1 is 1.09 bits per heavy atom. The van der Waals surface area contributed by atoms with E-state index < -0.39 is 30.5 Å². The first-order valence-corrected chi connectivity index (χ1v) is 11.7. The summed E-state index contributed by atoms with van der Waals surface area (Å²) in [5.41, 5.74) is 1.94. The number of nitrogens with zero attached hydrogens (tertiary/aromatic N) is 3. The average molecular weight is 492 g/mol. The number of anilines is 3. The van der Waals surface area contributed by atoms with Crippen LogP contribution in [0, 0.1) is 5.92 Å². The molecule has 4 rings (SSSR count). The van der Waals surface area contributed by atoms with Crippen LogP contribution in [0.3, 0.4) is 0 Å². The van der Waals surface area contributed by atoms with E-state index in [0.717, 1.165) is 37.7 Å². The van der Waals surface area contributed by atoms with Crippen LogP contribution in [0.15, 0.2) is 36.9 Å². The van der Waals surface area contributed by atoms with Gasteiger partial charge in [0.05, 0.1) is 41.8 Å². The summed E-state index contributed by atoms with van der Waals surface area (Å²) in [4.78, 5) is 33.6. The molecule has 2 aliphatic rings. The largest absolute Gasteiger partial charge is 0.481 e. The van der Waals surface area contributed by atoms with Crippen molar-refractivity contribution >= 4 is 29.1 Å². The highest BCUT2D eigenvalue weighted by Gasteiger charge is 2.44. The molecule has 2 saturated carbocycles. The van der Waals surface area contributed by atoms with Crippen molar-refractivity contribution in [2.24, 2.45) is 5.92 Å². The van der Waals surface area contributed by atoms with Crippen molar-refractivity contribution in [2.45, 2.75) is 63.1 Å². The van der Waals surface area contributed by atoms with E-state index in [0.29, 0.717) is 23.5 Å². The van der Waals surface area contributed by atoms with Crippen molar-refractivity contribution in [1.29, 1.82) is 0 Å². The summed E-state index contributed by atoms with van der Waals surface area (Å²) in [5.74, 6) is -1.57. The van der Waals surface area contributed by atoms with Gasteiger partial charge in [-0.05, 0) is 42.9 Å². The SMILES string of the molecule is O=C(Nc1cncnc1)Nc1cc(C2CC2C(=O)O)ccc1N(CCC(F)(F)F)C1CCCCC1. The fourth-order valence-electron chi connectivity index (χ4n) is 4.76. The molecule has 2 fully saturated rings. The first kappa shape index (κ1) is 24.7. The Hall–Kier alpha value is -3.37. The van der Waals surface area contributed by atoms with Gasteiger partial charge < -0.3 is 20.6 Å². The van der Waals surface area contributed by atoms with Crippen LogP contribution in [0.4, 0.5) is 35.0 Å². The average Bonchev–Trinajstić information content (AvgIpc) is 3.62. The van der Waals surface area contributed by atoms with E-state index >= 15 is 0 Å². The second kappa shape index (κ2) is 10.5. The smallest absolute Gasteiger partial charge is 0.390 e. The summed E-state index contributed by atoms with van der Waals surface area (Å²) in [5, 5.41) is 14.7. The number of hydrogen-bond acceptors (Lipinski definition) is 5. The third-order valence-electron chi connectivity index (χ3n) is 6.58. The minimum Gasteiger partial charge on any atom is -0.481 e. The summed E-state index contributed by atoms with van der Waals surface area (Å²) in [6, 6.07) is 4.49. The van der Waals surface area contributed by atoms with Gasteiger partial charge in [0.15, 0.2) is 0 Å². The van der Waals surface area contributed by atoms with Gasteiger partial charge in [-0.25, -0.2) is 14.8 Å². The highest BCUT2D eigenvalue weighted by molar-refractivity contribution is 6.01. The molecule has 2 unspecified atom stereocenters. The fraction of sp³-hybridized carbons (Fsp3) is 0.500. The number of halogens is 3. The number of rotatable bonds is 8.